The van der Waals surface area contributed by atoms with Gasteiger partial charge in [-0.2, -0.15) is 5.10 Å². The van der Waals surface area contributed by atoms with Crippen molar-refractivity contribution in [3.8, 4) is 0 Å². The molecular formula is C9H7N3S2. The van der Waals surface area contributed by atoms with Crippen LogP contribution in [0, 0.1) is 0 Å². The van der Waals surface area contributed by atoms with E-state index in [2.05, 4.69) is 15.2 Å². The zero-order valence-electron chi connectivity index (χ0n) is 7.44. The first-order valence-electron chi connectivity index (χ1n) is 4.15. The monoisotopic (exact) mass is 221 g/mol. The van der Waals surface area contributed by atoms with E-state index in [1.54, 1.807) is 23.1 Å². The van der Waals surface area contributed by atoms with Crippen LogP contribution in [0.3, 0.4) is 0 Å². The first kappa shape index (κ1) is 8.26. The van der Waals surface area contributed by atoms with Gasteiger partial charge >= 0.3 is 0 Å². The van der Waals surface area contributed by atoms with Gasteiger partial charge in [0, 0.05) is 5.39 Å². The van der Waals surface area contributed by atoms with Gasteiger partial charge < -0.3 is 0 Å². The molecule has 2 heterocycles. The molecule has 0 amide bonds. The average molecular weight is 221 g/mol. The van der Waals surface area contributed by atoms with E-state index in [-0.39, 0.29) is 0 Å². The summed E-state index contributed by atoms with van der Waals surface area (Å²) in [4.78, 5) is 4.49. The maximum Gasteiger partial charge on any atom is 0.150 e. The summed E-state index contributed by atoms with van der Waals surface area (Å²) in [7, 11) is 0. The summed E-state index contributed by atoms with van der Waals surface area (Å²) in [6.45, 7) is 0. The molecule has 0 saturated carbocycles. The minimum atomic E-state index is 1.05. The summed E-state index contributed by atoms with van der Waals surface area (Å²) in [6.07, 6.45) is 3.88. The molecule has 0 fully saturated rings. The predicted octanol–water partition coefficient (Wildman–Crippen LogP) is 2.89. The zero-order chi connectivity index (χ0) is 9.54. The highest BCUT2D eigenvalue weighted by Crippen LogP contribution is 2.32. The van der Waals surface area contributed by atoms with Crippen LogP contribution in [-0.4, -0.2) is 21.4 Å². The quantitative estimate of drug-likeness (QED) is 0.642. The molecule has 3 nitrogen and oxygen atoms in total. The van der Waals surface area contributed by atoms with Gasteiger partial charge in [-0.25, -0.2) is 4.98 Å². The van der Waals surface area contributed by atoms with Gasteiger partial charge in [0.15, 0.2) is 4.34 Å². The molecule has 0 aliphatic heterocycles. The second kappa shape index (κ2) is 2.96. The van der Waals surface area contributed by atoms with Gasteiger partial charge in [0.25, 0.3) is 0 Å². The standard InChI is InChI=1S/C9H7N3S2/c1-13-9-11-6-3-2-5-4-10-12-7(5)8(6)14-9/h2-4H,1H3,(H,10,12). The average Bonchev–Trinajstić information content (AvgIpc) is 2.82. The van der Waals surface area contributed by atoms with Gasteiger partial charge in [0.2, 0.25) is 0 Å². The summed E-state index contributed by atoms with van der Waals surface area (Å²) in [5.74, 6) is 0. The third-order valence-electron chi connectivity index (χ3n) is 2.12. The number of H-pyrrole nitrogens is 1. The van der Waals surface area contributed by atoms with Gasteiger partial charge in [0.1, 0.15) is 0 Å². The summed E-state index contributed by atoms with van der Waals surface area (Å²) < 4.78 is 2.30. The van der Waals surface area contributed by atoms with Crippen LogP contribution in [0.15, 0.2) is 22.7 Å². The van der Waals surface area contributed by atoms with E-state index in [0.717, 1.165) is 20.8 Å². The van der Waals surface area contributed by atoms with Crippen LogP contribution in [0.1, 0.15) is 0 Å². The van der Waals surface area contributed by atoms with Crippen molar-refractivity contribution in [2.24, 2.45) is 0 Å². The number of hydrogen-bond acceptors (Lipinski definition) is 4. The Morgan fingerprint density at radius 2 is 2.36 bits per heavy atom. The normalized spacial score (nSPS) is 11.5. The minimum Gasteiger partial charge on any atom is -0.276 e. The Kier molecular flexibility index (Phi) is 1.75. The SMILES string of the molecule is CSc1nc2ccc3cn[nH]c3c2s1. The molecule has 1 N–H and O–H groups in total. The van der Waals surface area contributed by atoms with E-state index in [1.807, 2.05) is 24.6 Å². The second-order valence-corrected chi connectivity index (χ2v) is 4.98. The van der Waals surface area contributed by atoms with Crippen molar-refractivity contribution in [1.29, 1.82) is 0 Å². The van der Waals surface area contributed by atoms with Crippen molar-refractivity contribution in [3.63, 3.8) is 0 Å². The number of rotatable bonds is 1. The highest BCUT2D eigenvalue weighted by molar-refractivity contribution is 8.00. The molecule has 0 atom stereocenters. The van der Waals surface area contributed by atoms with E-state index in [1.165, 1.54) is 4.70 Å². The van der Waals surface area contributed by atoms with Gasteiger partial charge in [-0.3, -0.25) is 5.10 Å². The second-order valence-electron chi connectivity index (χ2n) is 2.93. The fourth-order valence-electron chi connectivity index (χ4n) is 1.46. The van der Waals surface area contributed by atoms with E-state index in [0.29, 0.717) is 0 Å². The number of thioether (sulfide) groups is 1. The number of aromatic nitrogens is 3. The lowest BCUT2D eigenvalue weighted by molar-refractivity contribution is 1.12. The van der Waals surface area contributed by atoms with Crippen LogP contribution in [0.5, 0.6) is 0 Å². The van der Waals surface area contributed by atoms with E-state index in [4.69, 9.17) is 0 Å². The van der Waals surface area contributed by atoms with Crippen molar-refractivity contribution < 1.29 is 0 Å². The summed E-state index contributed by atoms with van der Waals surface area (Å²) in [6, 6.07) is 4.09. The lowest BCUT2D eigenvalue weighted by Gasteiger charge is -1.88. The number of nitrogens with zero attached hydrogens (tertiary/aromatic N) is 2. The third-order valence-corrected chi connectivity index (χ3v) is 4.20. The molecular weight excluding hydrogens is 214 g/mol. The number of hydrogen-bond donors (Lipinski definition) is 1. The van der Waals surface area contributed by atoms with Crippen molar-refractivity contribution >= 4 is 44.2 Å². The number of fused-ring (bicyclic) bond motifs is 3. The van der Waals surface area contributed by atoms with Crippen LogP contribution in [-0.2, 0) is 0 Å². The molecule has 0 radical (unpaired) electrons. The molecule has 70 valence electrons. The van der Waals surface area contributed by atoms with Gasteiger partial charge in [0.05, 0.1) is 21.9 Å². The molecule has 0 bridgehead atoms. The smallest absolute Gasteiger partial charge is 0.150 e. The maximum absolute atomic E-state index is 4.49. The Morgan fingerprint density at radius 1 is 1.43 bits per heavy atom. The fourth-order valence-corrected chi connectivity index (χ4v) is 3.04. The summed E-state index contributed by atoms with van der Waals surface area (Å²) in [5, 5.41) is 8.19. The Morgan fingerprint density at radius 3 is 3.21 bits per heavy atom. The highest BCUT2D eigenvalue weighted by atomic mass is 32.2. The predicted molar refractivity (Wildman–Crippen MR) is 61.1 cm³/mol. The van der Waals surface area contributed by atoms with Crippen LogP contribution in [0.25, 0.3) is 21.1 Å². The van der Waals surface area contributed by atoms with Gasteiger partial charge in [-0.15, -0.1) is 11.3 Å². The first-order chi connectivity index (χ1) is 6.88. The molecule has 0 unspecified atom stereocenters. The number of thiazole rings is 1. The first-order valence-corrected chi connectivity index (χ1v) is 6.19. The maximum atomic E-state index is 4.49. The van der Waals surface area contributed by atoms with E-state index >= 15 is 0 Å². The van der Waals surface area contributed by atoms with E-state index in [9.17, 15) is 0 Å². The molecule has 5 heteroatoms. The van der Waals surface area contributed by atoms with Crippen molar-refractivity contribution in [3.05, 3.63) is 18.3 Å². The molecule has 14 heavy (non-hydrogen) atoms. The lowest BCUT2D eigenvalue weighted by atomic mass is 10.2. The van der Waals surface area contributed by atoms with Gasteiger partial charge in [-0.1, -0.05) is 11.8 Å². The number of nitrogens with one attached hydrogen (secondary N) is 1. The molecule has 2 aromatic heterocycles. The van der Waals surface area contributed by atoms with Crippen LogP contribution in [0.2, 0.25) is 0 Å². The third kappa shape index (κ3) is 1.06. The number of aromatic amines is 1. The molecule has 3 aromatic rings. The Labute approximate surface area is 88.5 Å². The van der Waals surface area contributed by atoms with Crippen molar-refractivity contribution in [1.82, 2.24) is 15.2 Å². The largest absolute Gasteiger partial charge is 0.276 e. The Balaban J connectivity index is 2.49. The van der Waals surface area contributed by atoms with Gasteiger partial charge in [-0.05, 0) is 18.4 Å². The number of benzene rings is 1. The minimum absolute atomic E-state index is 1.05. The molecule has 0 aliphatic carbocycles. The van der Waals surface area contributed by atoms with Crippen LogP contribution >= 0.6 is 23.1 Å². The highest BCUT2D eigenvalue weighted by Gasteiger charge is 2.07. The Bertz CT molecular complexity index is 596. The van der Waals surface area contributed by atoms with Crippen molar-refractivity contribution in [2.45, 2.75) is 4.34 Å². The fraction of sp³-hybridized carbons (Fsp3) is 0.111. The molecule has 0 spiro atoms. The molecule has 0 aliphatic rings. The summed E-state index contributed by atoms with van der Waals surface area (Å²) in [5.41, 5.74) is 2.15. The lowest BCUT2D eigenvalue weighted by Crippen LogP contribution is -1.70. The summed E-state index contributed by atoms with van der Waals surface area (Å²) >= 11 is 3.39. The van der Waals surface area contributed by atoms with Crippen LogP contribution in [0.4, 0.5) is 0 Å². The van der Waals surface area contributed by atoms with Crippen LogP contribution < -0.4 is 0 Å². The van der Waals surface area contributed by atoms with Crippen molar-refractivity contribution in [2.75, 3.05) is 6.26 Å². The van der Waals surface area contributed by atoms with E-state index < -0.39 is 0 Å². The molecule has 1 aromatic carbocycles. The Hall–Kier alpha value is -1.07. The topological polar surface area (TPSA) is 41.6 Å². The zero-order valence-corrected chi connectivity index (χ0v) is 9.08. The molecule has 0 saturated heterocycles. The molecule has 3 rings (SSSR count).